The van der Waals surface area contributed by atoms with E-state index < -0.39 is 0 Å². The van der Waals surface area contributed by atoms with Gasteiger partial charge in [-0.1, -0.05) is 5.16 Å². The van der Waals surface area contributed by atoms with Crippen molar-refractivity contribution in [2.75, 3.05) is 0 Å². The normalized spacial score (nSPS) is 11.5. The lowest BCUT2D eigenvalue weighted by molar-refractivity contribution is 0.322. The lowest BCUT2D eigenvalue weighted by Crippen LogP contribution is -1.69. The SMILES string of the molecule is O/N=C/c1cc2cc(F)ccc2s1. The predicted molar refractivity (Wildman–Crippen MR) is 51.2 cm³/mol. The van der Waals surface area contributed by atoms with Crippen LogP contribution in [-0.4, -0.2) is 11.4 Å². The molecule has 1 aromatic carbocycles. The third kappa shape index (κ3) is 1.53. The van der Waals surface area contributed by atoms with E-state index in [1.54, 1.807) is 12.1 Å². The van der Waals surface area contributed by atoms with Gasteiger partial charge in [-0.25, -0.2) is 4.39 Å². The Kier molecular flexibility index (Phi) is 1.98. The molecular weight excluding hydrogens is 189 g/mol. The minimum atomic E-state index is -0.252. The zero-order chi connectivity index (χ0) is 9.26. The van der Waals surface area contributed by atoms with Crippen LogP contribution in [0.1, 0.15) is 4.88 Å². The van der Waals surface area contributed by atoms with Crippen LogP contribution in [0.5, 0.6) is 0 Å². The second-order valence-electron chi connectivity index (χ2n) is 2.58. The lowest BCUT2D eigenvalue weighted by atomic mass is 10.2. The monoisotopic (exact) mass is 195 g/mol. The maximum atomic E-state index is 12.8. The Hall–Kier alpha value is -1.42. The number of thiophene rings is 1. The van der Waals surface area contributed by atoms with Crippen LogP contribution in [-0.2, 0) is 0 Å². The summed E-state index contributed by atoms with van der Waals surface area (Å²) >= 11 is 1.45. The number of hydrogen-bond donors (Lipinski definition) is 1. The maximum absolute atomic E-state index is 12.8. The second kappa shape index (κ2) is 3.14. The molecule has 0 spiro atoms. The summed E-state index contributed by atoms with van der Waals surface area (Å²) in [6.07, 6.45) is 1.34. The van der Waals surface area contributed by atoms with E-state index in [-0.39, 0.29) is 5.82 Å². The minimum Gasteiger partial charge on any atom is -0.411 e. The number of hydrogen-bond acceptors (Lipinski definition) is 3. The molecule has 0 aliphatic carbocycles. The van der Waals surface area contributed by atoms with Gasteiger partial charge in [0.2, 0.25) is 0 Å². The van der Waals surface area contributed by atoms with Gasteiger partial charge in [-0.3, -0.25) is 0 Å². The summed E-state index contributed by atoms with van der Waals surface area (Å²) in [7, 11) is 0. The molecule has 0 radical (unpaired) electrons. The quantitative estimate of drug-likeness (QED) is 0.423. The van der Waals surface area contributed by atoms with Gasteiger partial charge >= 0.3 is 0 Å². The molecule has 0 amide bonds. The fraction of sp³-hybridized carbons (Fsp3) is 0. The van der Waals surface area contributed by atoms with E-state index in [4.69, 9.17) is 5.21 Å². The molecule has 2 nitrogen and oxygen atoms in total. The molecule has 2 rings (SSSR count). The molecule has 0 saturated carbocycles. The van der Waals surface area contributed by atoms with E-state index in [1.165, 1.54) is 29.7 Å². The van der Waals surface area contributed by atoms with Crippen LogP contribution in [0.15, 0.2) is 29.4 Å². The van der Waals surface area contributed by atoms with E-state index in [1.807, 2.05) is 0 Å². The highest BCUT2D eigenvalue weighted by atomic mass is 32.1. The number of nitrogens with zero attached hydrogens (tertiary/aromatic N) is 1. The maximum Gasteiger partial charge on any atom is 0.123 e. The zero-order valence-corrected chi connectivity index (χ0v) is 7.38. The van der Waals surface area contributed by atoms with Crippen LogP contribution in [0.3, 0.4) is 0 Å². The molecule has 0 atom stereocenters. The Morgan fingerprint density at radius 2 is 2.23 bits per heavy atom. The molecular formula is C9H6FNOS. The van der Waals surface area contributed by atoms with Crippen LogP contribution in [0.25, 0.3) is 10.1 Å². The molecule has 0 fully saturated rings. The summed E-state index contributed by atoms with van der Waals surface area (Å²) in [4.78, 5) is 0.808. The van der Waals surface area contributed by atoms with E-state index >= 15 is 0 Å². The van der Waals surface area contributed by atoms with E-state index in [0.29, 0.717) is 0 Å². The third-order valence-corrected chi connectivity index (χ3v) is 2.73. The molecule has 0 bridgehead atoms. The summed E-state index contributed by atoms with van der Waals surface area (Å²) in [6.45, 7) is 0. The Labute approximate surface area is 77.9 Å². The molecule has 1 heterocycles. The van der Waals surface area contributed by atoms with Gasteiger partial charge in [-0.05, 0) is 29.7 Å². The first-order chi connectivity index (χ1) is 6.29. The predicted octanol–water partition coefficient (Wildman–Crippen LogP) is 2.85. The Bertz CT molecular complexity index is 464. The highest BCUT2D eigenvalue weighted by Gasteiger charge is 2.00. The average Bonchev–Trinajstić information content (AvgIpc) is 2.46. The standard InChI is InChI=1S/C9H6FNOS/c10-7-1-2-9-6(3-7)4-8(13-9)5-11-12/h1-5,12H/b11-5+. The van der Waals surface area contributed by atoms with E-state index in [0.717, 1.165) is 15.0 Å². The number of rotatable bonds is 1. The topological polar surface area (TPSA) is 32.6 Å². The molecule has 13 heavy (non-hydrogen) atoms. The van der Waals surface area contributed by atoms with Gasteiger partial charge in [0.25, 0.3) is 0 Å². The molecule has 0 unspecified atom stereocenters. The minimum absolute atomic E-state index is 0.252. The molecule has 0 aliphatic heterocycles. The van der Waals surface area contributed by atoms with Gasteiger partial charge in [0, 0.05) is 9.58 Å². The van der Waals surface area contributed by atoms with Crippen molar-refractivity contribution in [2.45, 2.75) is 0 Å². The number of oxime groups is 1. The van der Waals surface area contributed by atoms with Crippen molar-refractivity contribution in [3.05, 3.63) is 35.0 Å². The molecule has 0 aliphatic rings. The fourth-order valence-corrected chi connectivity index (χ4v) is 2.07. The Balaban J connectivity index is 2.62. The molecule has 2 aromatic rings. The molecule has 1 aromatic heterocycles. The van der Waals surface area contributed by atoms with Crippen molar-refractivity contribution in [2.24, 2.45) is 5.16 Å². The Morgan fingerprint density at radius 3 is 3.00 bits per heavy atom. The second-order valence-corrected chi connectivity index (χ2v) is 3.69. The number of benzene rings is 1. The molecule has 4 heteroatoms. The van der Waals surface area contributed by atoms with Crippen molar-refractivity contribution in [1.82, 2.24) is 0 Å². The van der Waals surface area contributed by atoms with E-state index in [2.05, 4.69) is 5.16 Å². The highest BCUT2D eigenvalue weighted by molar-refractivity contribution is 7.20. The number of halogens is 1. The Morgan fingerprint density at radius 1 is 1.38 bits per heavy atom. The van der Waals surface area contributed by atoms with Crippen molar-refractivity contribution >= 4 is 27.6 Å². The van der Waals surface area contributed by atoms with Gasteiger partial charge < -0.3 is 5.21 Å². The van der Waals surface area contributed by atoms with E-state index in [9.17, 15) is 4.39 Å². The van der Waals surface area contributed by atoms with Gasteiger partial charge in [-0.15, -0.1) is 11.3 Å². The summed E-state index contributed by atoms with van der Waals surface area (Å²) in [5.41, 5.74) is 0. The summed E-state index contributed by atoms with van der Waals surface area (Å²) in [5.74, 6) is -0.252. The molecule has 1 N–H and O–H groups in total. The largest absolute Gasteiger partial charge is 0.411 e. The molecule has 0 saturated heterocycles. The van der Waals surface area contributed by atoms with Crippen molar-refractivity contribution in [3.8, 4) is 0 Å². The highest BCUT2D eigenvalue weighted by Crippen LogP contribution is 2.24. The smallest absolute Gasteiger partial charge is 0.123 e. The van der Waals surface area contributed by atoms with Crippen LogP contribution in [0.4, 0.5) is 4.39 Å². The zero-order valence-electron chi connectivity index (χ0n) is 6.57. The van der Waals surface area contributed by atoms with Gasteiger partial charge in [0.1, 0.15) is 5.82 Å². The summed E-state index contributed by atoms with van der Waals surface area (Å²) < 4.78 is 13.7. The van der Waals surface area contributed by atoms with Crippen molar-refractivity contribution in [3.63, 3.8) is 0 Å². The first-order valence-corrected chi connectivity index (χ1v) is 4.48. The van der Waals surface area contributed by atoms with Gasteiger partial charge in [0.05, 0.1) is 6.21 Å². The van der Waals surface area contributed by atoms with Crippen LogP contribution in [0.2, 0.25) is 0 Å². The first kappa shape index (κ1) is 8.19. The van der Waals surface area contributed by atoms with Crippen LogP contribution < -0.4 is 0 Å². The summed E-state index contributed by atoms with van der Waals surface area (Å²) in [5, 5.41) is 12.0. The molecule has 66 valence electrons. The third-order valence-electron chi connectivity index (χ3n) is 1.68. The van der Waals surface area contributed by atoms with Crippen molar-refractivity contribution in [1.29, 1.82) is 0 Å². The van der Waals surface area contributed by atoms with Crippen LogP contribution in [0, 0.1) is 5.82 Å². The van der Waals surface area contributed by atoms with Gasteiger partial charge in [-0.2, -0.15) is 0 Å². The van der Waals surface area contributed by atoms with Gasteiger partial charge in [0.15, 0.2) is 0 Å². The average molecular weight is 195 g/mol. The van der Waals surface area contributed by atoms with Crippen LogP contribution >= 0.6 is 11.3 Å². The lowest BCUT2D eigenvalue weighted by Gasteiger charge is -1.86. The van der Waals surface area contributed by atoms with Crippen molar-refractivity contribution < 1.29 is 9.60 Å². The summed E-state index contributed by atoms with van der Waals surface area (Å²) in [6, 6.07) is 6.37. The first-order valence-electron chi connectivity index (χ1n) is 3.66. The number of fused-ring (bicyclic) bond motifs is 1. The fourth-order valence-electron chi connectivity index (χ4n) is 1.16.